The summed E-state index contributed by atoms with van der Waals surface area (Å²) in [5, 5.41) is 12.5. The van der Waals surface area contributed by atoms with Crippen LogP contribution in [0.5, 0.6) is 0 Å². The molecule has 25 heavy (non-hydrogen) atoms. The summed E-state index contributed by atoms with van der Waals surface area (Å²) in [6, 6.07) is 4.87. The lowest BCUT2D eigenvalue weighted by Gasteiger charge is -2.04. The number of thioether (sulfide) groups is 1. The van der Waals surface area contributed by atoms with Gasteiger partial charge in [-0.05, 0) is 31.5 Å². The zero-order valence-electron chi connectivity index (χ0n) is 13.7. The molecule has 0 saturated heterocycles. The Kier molecular flexibility index (Phi) is 5.87. The summed E-state index contributed by atoms with van der Waals surface area (Å²) < 4.78 is 21.0. The second kappa shape index (κ2) is 8.11. The summed E-state index contributed by atoms with van der Waals surface area (Å²) in [5.41, 5.74) is 0.654. The van der Waals surface area contributed by atoms with Crippen molar-refractivity contribution in [2.45, 2.75) is 23.9 Å². The highest BCUT2D eigenvalue weighted by Crippen LogP contribution is 2.38. The number of nitrogens with zero attached hydrogens (tertiary/aromatic N) is 2. The first-order valence-corrected chi connectivity index (χ1v) is 10.3. The molecule has 1 N–H and O–H groups in total. The molecule has 2 heterocycles. The number of benzene rings is 1. The van der Waals surface area contributed by atoms with Crippen molar-refractivity contribution in [1.29, 1.82) is 0 Å². The molecule has 0 bridgehead atoms. The molecule has 0 aliphatic heterocycles. The van der Waals surface area contributed by atoms with E-state index in [2.05, 4.69) is 15.5 Å². The largest absolute Gasteiger partial charge is 0.462 e. The predicted octanol–water partition coefficient (Wildman–Crippen LogP) is 4.79. The van der Waals surface area contributed by atoms with Gasteiger partial charge in [0.15, 0.2) is 4.34 Å². The highest BCUT2D eigenvalue weighted by Gasteiger charge is 2.22. The number of esters is 1. The molecule has 0 radical (unpaired) electrons. The van der Waals surface area contributed by atoms with E-state index < -0.39 is 5.97 Å². The number of hydrogen-bond acceptors (Lipinski definition) is 8. The number of hydrogen-bond donors (Lipinski definition) is 1. The molecule has 0 atom stereocenters. The first kappa shape index (κ1) is 18.1. The lowest BCUT2D eigenvalue weighted by Crippen LogP contribution is -2.04. The van der Waals surface area contributed by atoms with Crippen LogP contribution in [0.15, 0.2) is 22.5 Å². The van der Waals surface area contributed by atoms with Gasteiger partial charge in [-0.1, -0.05) is 29.2 Å². The molecule has 5 nitrogen and oxygen atoms in total. The molecule has 1 aromatic carbocycles. The van der Waals surface area contributed by atoms with Crippen LogP contribution in [0, 0.1) is 5.82 Å². The third kappa shape index (κ3) is 3.94. The van der Waals surface area contributed by atoms with Gasteiger partial charge >= 0.3 is 5.97 Å². The van der Waals surface area contributed by atoms with E-state index in [0.717, 1.165) is 20.7 Å². The summed E-state index contributed by atoms with van der Waals surface area (Å²) in [6.45, 7) is 4.79. The van der Waals surface area contributed by atoms with Gasteiger partial charge in [0.05, 0.1) is 6.61 Å². The first-order valence-electron chi connectivity index (χ1n) is 7.71. The quantitative estimate of drug-likeness (QED) is 0.457. The van der Waals surface area contributed by atoms with Gasteiger partial charge in [-0.3, -0.25) is 0 Å². The molecule has 3 aromatic rings. The zero-order chi connectivity index (χ0) is 17.8. The first-order chi connectivity index (χ1) is 12.1. The molecular formula is C16H16FN3O2S3. The summed E-state index contributed by atoms with van der Waals surface area (Å²) in [4.78, 5) is 12.7. The number of aromatic nitrogens is 2. The van der Waals surface area contributed by atoms with Gasteiger partial charge in [-0.15, -0.1) is 21.5 Å². The summed E-state index contributed by atoms with van der Waals surface area (Å²) in [5.74, 6) is -0.314. The van der Waals surface area contributed by atoms with E-state index in [4.69, 9.17) is 4.74 Å². The standard InChI is InChI=1S/C16H16FN3O2S3/c1-3-18-15-19-20-16(25-15)23-8-9-12-10(17)6-5-7-11(12)24-13(9)14(21)22-4-2/h5-7H,3-4,8H2,1-2H3,(H,18,19). The minimum atomic E-state index is -0.413. The minimum Gasteiger partial charge on any atom is -0.462 e. The van der Waals surface area contributed by atoms with E-state index in [1.807, 2.05) is 13.0 Å². The highest BCUT2D eigenvalue weighted by molar-refractivity contribution is 8.00. The van der Waals surface area contributed by atoms with Crippen molar-refractivity contribution in [3.63, 3.8) is 0 Å². The number of anilines is 1. The van der Waals surface area contributed by atoms with Gasteiger partial charge in [-0.25, -0.2) is 9.18 Å². The summed E-state index contributed by atoms with van der Waals surface area (Å²) in [6.07, 6.45) is 0. The maximum absolute atomic E-state index is 14.3. The van der Waals surface area contributed by atoms with Gasteiger partial charge in [0.25, 0.3) is 0 Å². The third-order valence-electron chi connectivity index (χ3n) is 3.30. The van der Waals surface area contributed by atoms with Crippen LogP contribution in [0.1, 0.15) is 29.1 Å². The number of thiophene rings is 1. The molecule has 9 heteroatoms. The van der Waals surface area contributed by atoms with Gasteiger partial charge in [0.1, 0.15) is 10.7 Å². The van der Waals surface area contributed by atoms with Crippen molar-refractivity contribution in [1.82, 2.24) is 10.2 Å². The fourth-order valence-corrected chi connectivity index (χ4v) is 5.36. The van der Waals surface area contributed by atoms with Crippen LogP contribution in [0.4, 0.5) is 9.52 Å². The smallest absolute Gasteiger partial charge is 0.348 e. The number of rotatable bonds is 7. The Morgan fingerprint density at radius 1 is 1.32 bits per heavy atom. The van der Waals surface area contributed by atoms with Crippen LogP contribution in [0.3, 0.4) is 0 Å². The Balaban J connectivity index is 1.92. The SMILES string of the molecule is CCNc1nnc(SCc2c(C(=O)OCC)sc3cccc(F)c23)s1. The van der Waals surface area contributed by atoms with Crippen LogP contribution >= 0.6 is 34.4 Å². The third-order valence-corrected chi connectivity index (χ3v) is 6.52. The van der Waals surface area contributed by atoms with E-state index in [-0.39, 0.29) is 12.4 Å². The number of halogens is 1. The van der Waals surface area contributed by atoms with Gasteiger partial charge in [-0.2, -0.15) is 0 Å². The van der Waals surface area contributed by atoms with Crippen molar-refractivity contribution in [3.8, 4) is 0 Å². The lowest BCUT2D eigenvalue weighted by molar-refractivity contribution is 0.0531. The number of ether oxygens (including phenoxy) is 1. The summed E-state index contributed by atoms with van der Waals surface area (Å²) in [7, 11) is 0. The number of nitrogens with one attached hydrogen (secondary N) is 1. The molecule has 0 aliphatic carbocycles. The Morgan fingerprint density at radius 2 is 2.16 bits per heavy atom. The molecule has 3 rings (SSSR count). The van der Waals surface area contributed by atoms with E-state index in [0.29, 0.717) is 21.6 Å². The Bertz CT molecular complexity index is 894. The average Bonchev–Trinajstić information content (AvgIpc) is 3.18. The number of fused-ring (bicyclic) bond motifs is 1. The van der Waals surface area contributed by atoms with Crippen molar-refractivity contribution in [2.24, 2.45) is 0 Å². The lowest BCUT2D eigenvalue weighted by atomic mass is 10.1. The Hall–Kier alpha value is -1.71. The molecule has 0 amide bonds. The second-order valence-corrected chi connectivity index (χ2v) is 8.19. The van der Waals surface area contributed by atoms with Crippen molar-refractivity contribution in [2.75, 3.05) is 18.5 Å². The fraction of sp³-hybridized carbons (Fsp3) is 0.312. The zero-order valence-corrected chi connectivity index (χ0v) is 16.1. The van der Waals surface area contributed by atoms with Crippen molar-refractivity contribution < 1.29 is 13.9 Å². The molecule has 0 unspecified atom stereocenters. The highest BCUT2D eigenvalue weighted by atomic mass is 32.2. The van der Waals surface area contributed by atoms with Crippen LogP contribution in [0.25, 0.3) is 10.1 Å². The van der Waals surface area contributed by atoms with Crippen LogP contribution in [-0.2, 0) is 10.5 Å². The van der Waals surface area contributed by atoms with E-state index in [1.54, 1.807) is 13.0 Å². The van der Waals surface area contributed by atoms with Gasteiger partial charge < -0.3 is 10.1 Å². The monoisotopic (exact) mass is 397 g/mol. The minimum absolute atomic E-state index is 0.282. The topological polar surface area (TPSA) is 64.1 Å². The molecule has 2 aromatic heterocycles. The second-order valence-electron chi connectivity index (χ2n) is 4.94. The van der Waals surface area contributed by atoms with Crippen LogP contribution in [0.2, 0.25) is 0 Å². The molecule has 0 fully saturated rings. The van der Waals surface area contributed by atoms with Crippen LogP contribution in [-0.4, -0.2) is 29.3 Å². The predicted molar refractivity (Wildman–Crippen MR) is 101 cm³/mol. The van der Waals surface area contributed by atoms with Crippen LogP contribution < -0.4 is 5.32 Å². The van der Waals surface area contributed by atoms with Gasteiger partial charge in [0, 0.05) is 22.4 Å². The van der Waals surface area contributed by atoms with Crippen molar-refractivity contribution >= 4 is 55.6 Å². The molecule has 0 spiro atoms. The maximum Gasteiger partial charge on any atom is 0.348 e. The maximum atomic E-state index is 14.3. The molecular weight excluding hydrogens is 381 g/mol. The number of carbonyl (C=O) groups is 1. The molecule has 132 valence electrons. The van der Waals surface area contributed by atoms with E-state index in [9.17, 15) is 9.18 Å². The fourth-order valence-electron chi connectivity index (χ4n) is 2.29. The molecule has 0 saturated carbocycles. The Labute approximate surface area is 156 Å². The van der Waals surface area contributed by atoms with Crippen molar-refractivity contribution in [3.05, 3.63) is 34.5 Å². The van der Waals surface area contributed by atoms with E-state index in [1.165, 1.54) is 40.5 Å². The molecule has 0 aliphatic rings. The number of carbonyl (C=O) groups excluding carboxylic acids is 1. The normalized spacial score (nSPS) is 11.0. The van der Waals surface area contributed by atoms with Gasteiger partial charge in [0.2, 0.25) is 5.13 Å². The Morgan fingerprint density at radius 3 is 2.92 bits per heavy atom. The summed E-state index contributed by atoms with van der Waals surface area (Å²) >= 11 is 4.13. The van der Waals surface area contributed by atoms with E-state index >= 15 is 0 Å². The average molecular weight is 398 g/mol.